The summed E-state index contributed by atoms with van der Waals surface area (Å²) in [6.45, 7) is 5.51. The van der Waals surface area contributed by atoms with Gasteiger partial charge < -0.3 is 5.32 Å². The molecule has 1 N–H and O–H groups in total. The molecule has 2 heterocycles. The number of amides is 1. The van der Waals surface area contributed by atoms with Crippen molar-refractivity contribution in [3.05, 3.63) is 65.4 Å². The minimum absolute atomic E-state index is 0.320. The van der Waals surface area contributed by atoms with Gasteiger partial charge in [0.1, 0.15) is 11.4 Å². The molecule has 1 aliphatic rings. The maximum absolute atomic E-state index is 12.8. The number of hydrogen-bond donors (Lipinski definition) is 1. The molecule has 0 atom stereocenters. The molecule has 0 spiro atoms. The first kappa shape index (κ1) is 18.9. The molecule has 3 rings (SSSR count). The number of allylic oxidation sites excluding steroid dienone is 1. The summed E-state index contributed by atoms with van der Waals surface area (Å²) >= 11 is 0. The smallest absolute Gasteiger partial charge is 0.321 e. The van der Waals surface area contributed by atoms with E-state index in [2.05, 4.69) is 22.0 Å². The van der Waals surface area contributed by atoms with Crippen LogP contribution in [0.2, 0.25) is 0 Å². The van der Waals surface area contributed by atoms with Crippen LogP contribution in [0, 0.1) is 6.92 Å². The van der Waals surface area contributed by atoms with Crippen molar-refractivity contribution in [1.82, 2.24) is 20.1 Å². The first-order chi connectivity index (χ1) is 12.8. The molecule has 5 nitrogen and oxygen atoms in total. The molecule has 2 aromatic heterocycles. The van der Waals surface area contributed by atoms with Gasteiger partial charge in [-0.3, -0.25) is 9.48 Å². The topological polar surface area (TPSA) is 59.8 Å². The Hall–Kier alpha value is -2.90. The van der Waals surface area contributed by atoms with Crippen molar-refractivity contribution >= 4 is 12.0 Å². The zero-order chi connectivity index (χ0) is 19.6. The van der Waals surface area contributed by atoms with E-state index in [1.165, 1.54) is 18.6 Å². The molecule has 0 radical (unpaired) electrons. The number of alkyl halides is 3. The Balaban J connectivity index is 1.79. The molecule has 0 saturated heterocycles. The van der Waals surface area contributed by atoms with Crippen molar-refractivity contribution in [2.75, 3.05) is 0 Å². The maximum Gasteiger partial charge on any atom is 0.433 e. The highest BCUT2D eigenvalue weighted by molar-refractivity contribution is 5.94. The molecule has 0 unspecified atom stereocenters. The van der Waals surface area contributed by atoms with Crippen LogP contribution in [0.4, 0.5) is 13.2 Å². The highest BCUT2D eigenvalue weighted by atomic mass is 19.4. The van der Waals surface area contributed by atoms with E-state index in [1.54, 1.807) is 6.08 Å². The third kappa shape index (κ3) is 4.27. The zero-order valence-electron chi connectivity index (χ0n) is 14.8. The lowest BCUT2D eigenvalue weighted by atomic mass is 9.93. The second-order valence-electron chi connectivity index (χ2n) is 6.40. The summed E-state index contributed by atoms with van der Waals surface area (Å²) < 4.78 is 40.2. The fourth-order valence-corrected chi connectivity index (χ4v) is 2.70. The normalized spacial score (nSPS) is 15.3. The average Bonchev–Trinajstić information content (AvgIpc) is 2.91. The quantitative estimate of drug-likeness (QED) is 0.792. The molecule has 27 heavy (non-hydrogen) atoms. The van der Waals surface area contributed by atoms with E-state index in [-0.39, 0.29) is 5.69 Å². The van der Waals surface area contributed by atoms with Crippen LogP contribution in [-0.2, 0) is 6.18 Å². The first-order valence-electron chi connectivity index (χ1n) is 8.53. The van der Waals surface area contributed by atoms with Gasteiger partial charge in [0.15, 0.2) is 0 Å². The van der Waals surface area contributed by atoms with Gasteiger partial charge in [0.05, 0.1) is 11.7 Å². The molecular formula is C19H19F3N4O. The van der Waals surface area contributed by atoms with Crippen molar-refractivity contribution < 1.29 is 18.0 Å². The minimum Gasteiger partial charge on any atom is -0.321 e. The number of nitrogens with zero attached hydrogens (tertiary/aromatic N) is 3. The molecule has 8 heteroatoms. The molecular weight excluding hydrogens is 357 g/mol. The van der Waals surface area contributed by atoms with Gasteiger partial charge in [-0.1, -0.05) is 12.6 Å². The Morgan fingerprint density at radius 3 is 2.70 bits per heavy atom. The molecule has 1 fully saturated rings. The van der Waals surface area contributed by atoms with Gasteiger partial charge in [-0.05, 0) is 50.5 Å². The van der Waals surface area contributed by atoms with E-state index in [9.17, 15) is 18.0 Å². The Bertz CT molecular complexity index is 895. The highest BCUT2D eigenvalue weighted by Crippen LogP contribution is 2.31. The Kier molecular flexibility index (Phi) is 5.16. The van der Waals surface area contributed by atoms with E-state index in [1.807, 2.05) is 17.8 Å². The van der Waals surface area contributed by atoms with Crippen LogP contribution >= 0.6 is 0 Å². The Morgan fingerprint density at radius 2 is 2.11 bits per heavy atom. The van der Waals surface area contributed by atoms with Crippen LogP contribution in [0.15, 0.2) is 42.7 Å². The van der Waals surface area contributed by atoms with E-state index in [0.29, 0.717) is 11.7 Å². The van der Waals surface area contributed by atoms with Crippen molar-refractivity contribution in [2.45, 2.75) is 38.4 Å². The number of aryl methyl sites for hydroxylation is 1. The maximum atomic E-state index is 12.8. The molecule has 0 aliphatic heterocycles. The monoisotopic (exact) mass is 376 g/mol. The summed E-state index contributed by atoms with van der Waals surface area (Å²) in [4.78, 5) is 15.7. The Morgan fingerprint density at radius 1 is 1.37 bits per heavy atom. The van der Waals surface area contributed by atoms with Crippen LogP contribution in [0.1, 0.15) is 52.7 Å². The number of halogens is 3. The largest absolute Gasteiger partial charge is 0.433 e. The zero-order valence-corrected chi connectivity index (χ0v) is 14.8. The number of pyridine rings is 1. The van der Waals surface area contributed by atoms with Gasteiger partial charge >= 0.3 is 6.18 Å². The Labute approximate surface area is 154 Å². The van der Waals surface area contributed by atoms with E-state index >= 15 is 0 Å². The predicted molar refractivity (Wildman–Crippen MR) is 94.7 cm³/mol. The standard InChI is InChI=1S/C19H19F3N4O/c1-3-14(10-13-11-26(25-12(13)2)15-6-4-7-15)23-18(27)16-8-5-9-17(24-16)19(20,21)22/h3,5,8-11,15H,1,4,6-7H2,2H3,(H,23,27)/b14-10+. The van der Waals surface area contributed by atoms with E-state index < -0.39 is 17.8 Å². The molecule has 1 saturated carbocycles. The van der Waals surface area contributed by atoms with Crippen LogP contribution in [0.3, 0.4) is 0 Å². The second kappa shape index (κ2) is 7.38. The van der Waals surface area contributed by atoms with Gasteiger partial charge in [-0.15, -0.1) is 0 Å². The van der Waals surface area contributed by atoms with Gasteiger partial charge in [0.25, 0.3) is 5.91 Å². The minimum atomic E-state index is -4.61. The summed E-state index contributed by atoms with van der Waals surface area (Å²) in [5.41, 5.74) is 0.536. The van der Waals surface area contributed by atoms with Crippen molar-refractivity contribution in [1.29, 1.82) is 0 Å². The number of aromatic nitrogens is 3. The summed E-state index contributed by atoms with van der Waals surface area (Å²) in [5, 5.41) is 7.02. The molecule has 1 amide bonds. The number of carbonyl (C=O) groups excluding carboxylic acids is 1. The van der Waals surface area contributed by atoms with Gasteiger partial charge in [0, 0.05) is 17.5 Å². The third-order valence-corrected chi connectivity index (χ3v) is 4.46. The molecule has 0 aromatic carbocycles. The van der Waals surface area contributed by atoms with Crippen LogP contribution in [0.5, 0.6) is 0 Å². The summed E-state index contributed by atoms with van der Waals surface area (Å²) in [5.74, 6) is -0.740. The number of hydrogen-bond acceptors (Lipinski definition) is 3. The van der Waals surface area contributed by atoms with E-state index in [4.69, 9.17) is 0 Å². The van der Waals surface area contributed by atoms with Crippen molar-refractivity contribution in [3.8, 4) is 0 Å². The summed E-state index contributed by atoms with van der Waals surface area (Å²) in [6.07, 6.45) is 3.78. The number of carbonyl (C=O) groups is 1. The summed E-state index contributed by atoms with van der Waals surface area (Å²) in [7, 11) is 0. The van der Waals surface area contributed by atoms with Crippen LogP contribution in [-0.4, -0.2) is 20.7 Å². The van der Waals surface area contributed by atoms with Gasteiger partial charge in [-0.25, -0.2) is 4.98 Å². The van der Waals surface area contributed by atoms with Crippen molar-refractivity contribution in [3.63, 3.8) is 0 Å². The number of nitrogens with one attached hydrogen (secondary N) is 1. The summed E-state index contributed by atoms with van der Waals surface area (Å²) in [6, 6.07) is 3.60. The molecule has 2 aromatic rings. The highest BCUT2D eigenvalue weighted by Gasteiger charge is 2.33. The lowest BCUT2D eigenvalue weighted by Crippen LogP contribution is -2.24. The SMILES string of the molecule is C=C/C(=C\c1cn(C2CCC2)nc1C)NC(=O)c1cccc(C(F)(F)F)n1. The fourth-order valence-electron chi connectivity index (χ4n) is 2.70. The lowest BCUT2D eigenvalue weighted by molar-refractivity contribution is -0.141. The molecule has 1 aliphatic carbocycles. The third-order valence-electron chi connectivity index (χ3n) is 4.46. The fraction of sp³-hybridized carbons (Fsp3) is 0.316. The number of rotatable bonds is 5. The van der Waals surface area contributed by atoms with Crippen molar-refractivity contribution in [2.24, 2.45) is 0 Å². The molecule has 0 bridgehead atoms. The second-order valence-corrected chi connectivity index (χ2v) is 6.40. The molecule has 142 valence electrons. The average molecular weight is 376 g/mol. The van der Waals surface area contributed by atoms with Gasteiger partial charge in [0.2, 0.25) is 0 Å². The van der Waals surface area contributed by atoms with E-state index in [0.717, 1.165) is 36.2 Å². The lowest BCUT2D eigenvalue weighted by Gasteiger charge is -2.25. The predicted octanol–water partition coefficient (Wildman–Crippen LogP) is 4.29. The first-order valence-corrected chi connectivity index (χ1v) is 8.53. The van der Waals surface area contributed by atoms with Crippen LogP contribution < -0.4 is 5.32 Å². The van der Waals surface area contributed by atoms with Gasteiger partial charge in [-0.2, -0.15) is 18.3 Å². The van der Waals surface area contributed by atoms with Crippen LogP contribution in [0.25, 0.3) is 6.08 Å².